The SMILES string of the molecule is CC(=O)c1c(Nc2cc(C(F)(F)F)cc(C(F)(F)F)c2)[nH]c2c(Cl)ccc(F)c2c1=O. The maximum atomic E-state index is 14.1. The van der Waals surface area contributed by atoms with Gasteiger partial charge in [0.2, 0.25) is 5.43 Å². The standard InChI is InChI=1S/C19H10ClF7N2O2/c1-7(30)13-16(31)14-12(21)3-2-11(20)15(14)29-17(13)28-10-5-8(18(22,23)24)4-9(6-10)19(25,26)27/h2-6H,1H3,(H2,28,29,31). The lowest BCUT2D eigenvalue weighted by molar-refractivity contribution is -0.143. The van der Waals surface area contributed by atoms with Gasteiger partial charge in [0.05, 0.1) is 27.1 Å². The highest BCUT2D eigenvalue weighted by atomic mass is 35.5. The second kappa shape index (κ2) is 7.56. The van der Waals surface area contributed by atoms with Crippen molar-refractivity contribution in [2.45, 2.75) is 19.3 Å². The number of hydrogen-bond donors (Lipinski definition) is 2. The third kappa shape index (κ3) is 4.36. The van der Waals surface area contributed by atoms with Crippen LogP contribution in [0.5, 0.6) is 0 Å². The van der Waals surface area contributed by atoms with Crippen LogP contribution in [0.25, 0.3) is 10.9 Å². The number of hydrogen-bond acceptors (Lipinski definition) is 3. The van der Waals surface area contributed by atoms with Crippen LogP contribution in [0.15, 0.2) is 35.1 Å². The van der Waals surface area contributed by atoms with Gasteiger partial charge in [0.15, 0.2) is 5.78 Å². The number of anilines is 2. The molecule has 0 aliphatic rings. The average molecular weight is 467 g/mol. The van der Waals surface area contributed by atoms with E-state index in [2.05, 4.69) is 10.3 Å². The van der Waals surface area contributed by atoms with Gasteiger partial charge >= 0.3 is 12.4 Å². The summed E-state index contributed by atoms with van der Waals surface area (Å²) in [5.41, 5.74) is -6.05. The van der Waals surface area contributed by atoms with Crippen LogP contribution in [-0.4, -0.2) is 10.8 Å². The van der Waals surface area contributed by atoms with Crippen LogP contribution in [0.1, 0.15) is 28.4 Å². The van der Waals surface area contributed by atoms with Gasteiger partial charge in [-0.15, -0.1) is 0 Å². The number of nitrogens with one attached hydrogen (secondary N) is 2. The molecule has 0 fully saturated rings. The van der Waals surface area contributed by atoms with Crippen LogP contribution in [-0.2, 0) is 12.4 Å². The first-order valence-corrected chi connectivity index (χ1v) is 8.69. The van der Waals surface area contributed by atoms with Crippen LogP contribution >= 0.6 is 11.6 Å². The molecule has 0 saturated carbocycles. The van der Waals surface area contributed by atoms with Gasteiger partial charge < -0.3 is 10.3 Å². The van der Waals surface area contributed by atoms with Gasteiger partial charge in [-0.25, -0.2) is 4.39 Å². The van der Waals surface area contributed by atoms with Crippen LogP contribution in [0, 0.1) is 5.82 Å². The molecule has 0 unspecified atom stereocenters. The minimum atomic E-state index is -5.11. The molecule has 2 aromatic carbocycles. The maximum absolute atomic E-state index is 14.1. The number of aromatic amines is 1. The van der Waals surface area contributed by atoms with Crippen molar-refractivity contribution in [3.63, 3.8) is 0 Å². The van der Waals surface area contributed by atoms with Crippen molar-refractivity contribution in [2.24, 2.45) is 0 Å². The molecule has 0 spiro atoms. The van der Waals surface area contributed by atoms with Crippen molar-refractivity contribution in [3.8, 4) is 0 Å². The summed E-state index contributed by atoms with van der Waals surface area (Å²) in [7, 11) is 0. The number of alkyl halides is 6. The molecule has 164 valence electrons. The zero-order chi connectivity index (χ0) is 23.3. The first-order chi connectivity index (χ1) is 14.2. The molecular formula is C19H10ClF7N2O2. The number of carbonyl (C=O) groups excluding carboxylic acids is 1. The Bertz CT molecular complexity index is 1230. The highest BCUT2D eigenvalue weighted by molar-refractivity contribution is 6.35. The minimum absolute atomic E-state index is 0.0769. The van der Waals surface area contributed by atoms with Gasteiger partial charge in [-0.05, 0) is 37.3 Å². The number of pyridine rings is 1. The Morgan fingerprint density at radius 1 is 1.00 bits per heavy atom. The van der Waals surface area contributed by atoms with Gasteiger partial charge in [-0.1, -0.05) is 11.6 Å². The van der Waals surface area contributed by atoms with Crippen molar-refractivity contribution in [2.75, 3.05) is 5.32 Å². The van der Waals surface area contributed by atoms with E-state index in [-0.39, 0.29) is 16.6 Å². The van der Waals surface area contributed by atoms with Crippen molar-refractivity contribution in [1.82, 2.24) is 4.98 Å². The number of H-pyrrole nitrogens is 1. The lowest BCUT2D eigenvalue weighted by Gasteiger charge is -2.17. The second-order valence-electron chi connectivity index (χ2n) is 6.46. The predicted molar refractivity (Wildman–Crippen MR) is 99.3 cm³/mol. The monoisotopic (exact) mass is 466 g/mol. The van der Waals surface area contributed by atoms with E-state index < -0.39 is 63.0 Å². The van der Waals surface area contributed by atoms with Crippen LogP contribution in [0.4, 0.5) is 42.2 Å². The lowest BCUT2D eigenvalue weighted by Crippen LogP contribution is -2.19. The fourth-order valence-electron chi connectivity index (χ4n) is 2.92. The summed E-state index contributed by atoms with van der Waals surface area (Å²) in [6.45, 7) is 0.928. The molecule has 3 aromatic rings. The van der Waals surface area contributed by atoms with Gasteiger partial charge in [0, 0.05) is 5.69 Å². The largest absolute Gasteiger partial charge is 0.416 e. The van der Waals surface area contributed by atoms with E-state index in [0.717, 1.165) is 19.1 Å². The highest BCUT2D eigenvalue weighted by Gasteiger charge is 2.37. The molecule has 3 rings (SSSR count). The summed E-state index contributed by atoms with van der Waals surface area (Å²) in [5.74, 6) is -2.47. The fraction of sp³-hybridized carbons (Fsp3) is 0.158. The van der Waals surface area contributed by atoms with Crippen LogP contribution in [0.3, 0.4) is 0 Å². The third-order valence-electron chi connectivity index (χ3n) is 4.27. The molecule has 0 aliphatic carbocycles. The van der Waals surface area contributed by atoms with E-state index in [0.29, 0.717) is 12.1 Å². The lowest BCUT2D eigenvalue weighted by atomic mass is 10.1. The van der Waals surface area contributed by atoms with Gasteiger partial charge in [0.1, 0.15) is 17.2 Å². The summed E-state index contributed by atoms with van der Waals surface area (Å²) >= 11 is 5.93. The smallest absolute Gasteiger partial charge is 0.341 e. The Labute approximate surface area is 173 Å². The Hall–Kier alpha value is -3.08. The second-order valence-corrected chi connectivity index (χ2v) is 6.87. The van der Waals surface area contributed by atoms with E-state index in [4.69, 9.17) is 11.6 Å². The first-order valence-electron chi connectivity index (χ1n) is 8.31. The molecule has 0 saturated heterocycles. The molecule has 31 heavy (non-hydrogen) atoms. The zero-order valence-corrected chi connectivity index (χ0v) is 16.0. The molecule has 1 aromatic heterocycles. The molecule has 0 radical (unpaired) electrons. The Morgan fingerprint density at radius 3 is 2.03 bits per heavy atom. The Kier molecular flexibility index (Phi) is 5.51. The predicted octanol–water partition coefficient (Wildman–Crippen LogP) is 6.30. The van der Waals surface area contributed by atoms with Gasteiger partial charge in [-0.3, -0.25) is 9.59 Å². The molecule has 2 N–H and O–H groups in total. The van der Waals surface area contributed by atoms with Crippen molar-refractivity contribution >= 4 is 39.8 Å². The number of Topliss-reactive ketones (excluding diaryl/α,β-unsaturated/α-hetero) is 1. The summed E-state index contributed by atoms with van der Waals surface area (Å²) < 4.78 is 92.7. The molecule has 4 nitrogen and oxygen atoms in total. The average Bonchev–Trinajstić information content (AvgIpc) is 2.62. The van der Waals surface area contributed by atoms with E-state index >= 15 is 0 Å². The maximum Gasteiger partial charge on any atom is 0.416 e. The van der Waals surface area contributed by atoms with E-state index in [9.17, 15) is 40.3 Å². The summed E-state index contributed by atoms with van der Waals surface area (Å²) in [6.07, 6.45) is -10.2. The van der Waals surface area contributed by atoms with Crippen LogP contribution in [0.2, 0.25) is 5.02 Å². The van der Waals surface area contributed by atoms with Crippen molar-refractivity contribution in [1.29, 1.82) is 0 Å². The topological polar surface area (TPSA) is 62.0 Å². The van der Waals surface area contributed by atoms with Crippen molar-refractivity contribution in [3.05, 3.63) is 68.1 Å². The van der Waals surface area contributed by atoms with Crippen molar-refractivity contribution < 1.29 is 35.5 Å². The number of carbonyl (C=O) groups is 1. The number of ketones is 1. The normalized spacial score (nSPS) is 12.3. The zero-order valence-electron chi connectivity index (χ0n) is 15.2. The number of fused-ring (bicyclic) bond motifs is 1. The van der Waals surface area contributed by atoms with E-state index in [1.807, 2.05) is 0 Å². The molecule has 1 heterocycles. The van der Waals surface area contributed by atoms with Crippen LogP contribution < -0.4 is 10.7 Å². The number of benzene rings is 2. The Morgan fingerprint density at radius 2 is 1.55 bits per heavy atom. The fourth-order valence-corrected chi connectivity index (χ4v) is 3.13. The molecule has 0 atom stereocenters. The third-order valence-corrected chi connectivity index (χ3v) is 4.58. The van der Waals surface area contributed by atoms with Gasteiger partial charge in [-0.2, -0.15) is 26.3 Å². The van der Waals surface area contributed by atoms with Gasteiger partial charge in [0.25, 0.3) is 0 Å². The van der Waals surface area contributed by atoms with E-state index in [1.165, 1.54) is 0 Å². The number of halogens is 8. The molecule has 12 heteroatoms. The van der Waals surface area contributed by atoms with E-state index in [1.54, 1.807) is 0 Å². The summed E-state index contributed by atoms with van der Waals surface area (Å²) in [6, 6.07) is 2.62. The number of aromatic nitrogens is 1. The molecule has 0 amide bonds. The quantitative estimate of drug-likeness (QED) is 0.351. The summed E-state index contributed by atoms with van der Waals surface area (Å²) in [5, 5.41) is 1.46. The first kappa shape index (κ1) is 22.6. The molecular weight excluding hydrogens is 457 g/mol. The molecule has 0 bridgehead atoms. The Balaban J connectivity index is 2.29. The number of rotatable bonds is 3. The highest BCUT2D eigenvalue weighted by Crippen LogP contribution is 2.38. The molecule has 0 aliphatic heterocycles. The summed E-state index contributed by atoms with van der Waals surface area (Å²) in [4.78, 5) is 27.1. The minimum Gasteiger partial charge on any atom is -0.341 e.